The standard InChI is InChI=1S/C13H10BrN3O3/c14-12-6-15-9(5-16-12)13(18)17-4-8-1-2-10-11(3-8)20-7-19-10/h1-3,5-6H,4,7H2,(H,17,18). The first kappa shape index (κ1) is 12.9. The lowest BCUT2D eigenvalue weighted by molar-refractivity contribution is 0.0945. The molecule has 20 heavy (non-hydrogen) atoms. The van der Waals surface area contributed by atoms with Gasteiger partial charge in [-0.2, -0.15) is 0 Å². The van der Waals surface area contributed by atoms with Gasteiger partial charge in [0.25, 0.3) is 5.91 Å². The zero-order chi connectivity index (χ0) is 13.9. The van der Waals surface area contributed by atoms with E-state index in [2.05, 4.69) is 31.2 Å². The molecular weight excluding hydrogens is 326 g/mol. The predicted octanol–water partition coefficient (Wildman–Crippen LogP) is 1.90. The lowest BCUT2D eigenvalue weighted by atomic mass is 10.2. The van der Waals surface area contributed by atoms with Crippen molar-refractivity contribution in [1.29, 1.82) is 0 Å². The summed E-state index contributed by atoms with van der Waals surface area (Å²) >= 11 is 3.17. The number of carbonyl (C=O) groups excluding carboxylic acids is 1. The molecule has 0 bridgehead atoms. The van der Waals surface area contributed by atoms with Crippen LogP contribution in [-0.4, -0.2) is 22.7 Å². The smallest absolute Gasteiger partial charge is 0.271 e. The number of carbonyl (C=O) groups is 1. The molecule has 102 valence electrons. The van der Waals surface area contributed by atoms with Crippen LogP contribution in [-0.2, 0) is 6.54 Å². The molecule has 6 nitrogen and oxygen atoms in total. The van der Waals surface area contributed by atoms with Gasteiger partial charge >= 0.3 is 0 Å². The molecular formula is C13H10BrN3O3. The molecule has 0 aliphatic carbocycles. The van der Waals surface area contributed by atoms with Gasteiger partial charge in [-0.25, -0.2) is 9.97 Å². The highest BCUT2D eigenvalue weighted by molar-refractivity contribution is 9.10. The van der Waals surface area contributed by atoms with E-state index in [1.165, 1.54) is 12.4 Å². The van der Waals surface area contributed by atoms with E-state index >= 15 is 0 Å². The Morgan fingerprint density at radius 3 is 2.90 bits per heavy atom. The Labute approximate surface area is 123 Å². The highest BCUT2D eigenvalue weighted by Crippen LogP contribution is 2.32. The lowest BCUT2D eigenvalue weighted by Gasteiger charge is -2.05. The summed E-state index contributed by atoms with van der Waals surface area (Å²) in [5.41, 5.74) is 1.20. The van der Waals surface area contributed by atoms with Crippen LogP contribution in [0.25, 0.3) is 0 Å². The molecule has 1 aromatic heterocycles. The van der Waals surface area contributed by atoms with E-state index in [1.54, 1.807) is 0 Å². The van der Waals surface area contributed by atoms with Gasteiger partial charge in [-0.1, -0.05) is 6.07 Å². The quantitative estimate of drug-likeness (QED) is 0.927. The molecule has 2 aromatic rings. The molecule has 0 radical (unpaired) electrons. The van der Waals surface area contributed by atoms with E-state index in [9.17, 15) is 4.79 Å². The van der Waals surface area contributed by atoms with Crippen LogP contribution in [0.4, 0.5) is 0 Å². The van der Waals surface area contributed by atoms with Gasteiger partial charge in [0.15, 0.2) is 11.5 Å². The molecule has 0 fully saturated rings. The molecule has 0 saturated heterocycles. The van der Waals surface area contributed by atoms with Gasteiger partial charge in [-0.3, -0.25) is 4.79 Å². The van der Waals surface area contributed by atoms with Crippen molar-refractivity contribution in [2.75, 3.05) is 6.79 Å². The van der Waals surface area contributed by atoms with E-state index in [-0.39, 0.29) is 18.4 Å². The summed E-state index contributed by atoms with van der Waals surface area (Å²) in [7, 11) is 0. The van der Waals surface area contributed by atoms with Crippen molar-refractivity contribution < 1.29 is 14.3 Å². The molecule has 0 atom stereocenters. The summed E-state index contributed by atoms with van der Waals surface area (Å²) in [6.45, 7) is 0.618. The highest BCUT2D eigenvalue weighted by Gasteiger charge is 2.14. The second kappa shape index (κ2) is 5.46. The van der Waals surface area contributed by atoms with Gasteiger partial charge in [0.1, 0.15) is 10.3 Å². The Morgan fingerprint density at radius 2 is 2.10 bits per heavy atom. The SMILES string of the molecule is O=C(NCc1ccc2c(c1)OCO2)c1cnc(Br)cn1. The van der Waals surface area contributed by atoms with E-state index in [0.717, 1.165) is 11.3 Å². The normalized spacial score (nSPS) is 12.2. The first-order valence-corrected chi connectivity index (χ1v) is 6.66. The van der Waals surface area contributed by atoms with Gasteiger partial charge in [-0.05, 0) is 33.6 Å². The number of fused-ring (bicyclic) bond motifs is 1. The highest BCUT2D eigenvalue weighted by atomic mass is 79.9. The third-order valence-electron chi connectivity index (χ3n) is 2.74. The van der Waals surface area contributed by atoms with Crippen LogP contribution in [0.15, 0.2) is 35.2 Å². The fraction of sp³-hybridized carbons (Fsp3) is 0.154. The predicted molar refractivity (Wildman–Crippen MR) is 73.5 cm³/mol. The molecule has 7 heteroatoms. The monoisotopic (exact) mass is 335 g/mol. The maximum atomic E-state index is 11.9. The minimum absolute atomic E-state index is 0.236. The van der Waals surface area contributed by atoms with Crippen molar-refractivity contribution in [2.24, 2.45) is 0 Å². The molecule has 0 spiro atoms. The van der Waals surface area contributed by atoms with Crippen molar-refractivity contribution in [3.8, 4) is 11.5 Å². The first-order valence-electron chi connectivity index (χ1n) is 5.86. The van der Waals surface area contributed by atoms with Gasteiger partial charge in [0.05, 0.1) is 12.4 Å². The summed E-state index contributed by atoms with van der Waals surface area (Å²) in [5, 5.41) is 2.77. The van der Waals surface area contributed by atoms with Crippen molar-refractivity contribution in [1.82, 2.24) is 15.3 Å². The number of aromatic nitrogens is 2. The Hall–Kier alpha value is -2.15. The molecule has 1 aliphatic rings. The zero-order valence-electron chi connectivity index (χ0n) is 10.3. The van der Waals surface area contributed by atoms with Crippen molar-refractivity contribution in [3.05, 3.63) is 46.5 Å². The minimum atomic E-state index is -0.275. The Balaban J connectivity index is 1.64. The number of ether oxygens (including phenoxy) is 2. The number of hydrogen-bond donors (Lipinski definition) is 1. The van der Waals surface area contributed by atoms with Crippen LogP contribution in [0.5, 0.6) is 11.5 Å². The van der Waals surface area contributed by atoms with Crippen LogP contribution in [0.1, 0.15) is 16.1 Å². The van der Waals surface area contributed by atoms with Gasteiger partial charge in [0, 0.05) is 6.54 Å². The lowest BCUT2D eigenvalue weighted by Crippen LogP contribution is -2.23. The summed E-state index contributed by atoms with van der Waals surface area (Å²) in [6, 6.07) is 5.54. The second-order valence-electron chi connectivity index (χ2n) is 4.09. The molecule has 0 saturated carbocycles. The molecule has 1 aromatic carbocycles. The maximum Gasteiger partial charge on any atom is 0.271 e. The fourth-order valence-corrected chi connectivity index (χ4v) is 1.96. The second-order valence-corrected chi connectivity index (χ2v) is 4.91. The van der Waals surface area contributed by atoms with Gasteiger partial charge < -0.3 is 14.8 Å². The average Bonchev–Trinajstić information content (AvgIpc) is 2.93. The largest absolute Gasteiger partial charge is 0.454 e. The van der Waals surface area contributed by atoms with Crippen LogP contribution in [0.2, 0.25) is 0 Å². The summed E-state index contributed by atoms with van der Waals surface area (Å²) in [5.74, 6) is 1.14. The number of nitrogens with zero attached hydrogens (tertiary/aromatic N) is 2. The molecule has 1 aliphatic heterocycles. The Bertz CT molecular complexity index is 646. The summed E-state index contributed by atoms with van der Waals surface area (Å²) < 4.78 is 11.1. The third kappa shape index (κ3) is 2.72. The van der Waals surface area contributed by atoms with Crippen LogP contribution < -0.4 is 14.8 Å². The molecule has 0 unspecified atom stereocenters. The number of amides is 1. The Kier molecular flexibility index (Phi) is 3.51. The van der Waals surface area contributed by atoms with Crippen molar-refractivity contribution >= 4 is 21.8 Å². The molecule has 1 amide bonds. The maximum absolute atomic E-state index is 11.9. The van der Waals surface area contributed by atoms with E-state index < -0.39 is 0 Å². The van der Waals surface area contributed by atoms with Gasteiger partial charge in [0.2, 0.25) is 6.79 Å². The molecule has 3 rings (SSSR count). The summed E-state index contributed by atoms with van der Waals surface area (Å²) in [4.78, 5) is 19.8. The number of rotatable bonds is 3. The number of hydrogen-bond acceptors (Lipinski definition) is 5. The number of halogens is 1. The Morgan fingerprint density at radius 1 is 1.25 bits per heavy atom. The van der Waals surface area contributed by atoms with Crippen LogP contribution in [0, 0.1) is 0 Å². The van der Waals surface area contributed by atoms with E-state index in [4.69, 9.17) is 9.47 Å². The average molecular weight is 336 g/mol. The summed E-state index contributed by atoms with van der Waals surface area (Å²) in [6.07, 6.45) is 2.90. The zero-order valence-corrected chi connectivity index (χ0v) is 11.9. The van der Waals surface area contributed by atoms with Crippen LogP contribution >= 0.6 is 15.9 Å². The fourth-order valence-electron chi connectivity index (χ4n) is 1.75. The van der Waals surface area contributed by atoms with E-state index in [1.807, 2.05) is 18.2 Å². The third-order valence-corrected chi connectivity index (χ3v) is 3.15. The first-order chi connectivity index (χ1) is 9.72. The van der Waals surface area contributed by atoms with Crippen molar-refractivity contribution in [3.63, 3.8) is 0 Å². The minimum Gasteiger partial charge on any atom is -0.454 e. The molecule has 1 N–H and O–H groups in total. The number of benzene rings is 1. The number of nitrogens with one attached hydrogen (secondary N) is 1. The molecule has 2 heterocycles. The van der Waals surface area contributed by atoms with Crippen molar-refractivity contribution in [2.45, 2.75) is 6.54 Å². The topological polar surface area (TPSA) is 73.3 Å². The van der Waals surface area contributed by atoms with Gasteiger partial charge in [-0.15, -0.1) is 0 Å². The van der Waals surface area contributed by atoms with E-state index in [0.29, 0.717) is 16.9 Å². The van der Waals surface area contributed by atoms with Crippen LogP contribution in [0.3, 0.4) is 0 Å².